The van der Waals surface area contributed by atoms with Crippen LogP contribution in [0.2, 0.25) is 5.02 Å². The molecule has 2 unspecified atom stereocenters. The van der Waals surface area contributed by atoms with E-state index in [1.54, 1.807) is 31.7 Å². The van der Waals surface area contributed by atoms with Gasteiger partial charge in [-0.2, -0.15) is 18.3 Å². The van der Waals surface area contributed by atoms with Crippen molar-refractivity contribution in [1.29, 1.82) is 0 Å². The molecule has 5 rings (SSSR count). The van der Waals surface area contributed by atoms with Crippen molar-refractivity contribution in [2.45, 2.75) is 25.6 Å². The zero-order valence-corrected chi connectivity index (χ0v) is 22.4. The van der Waals surface area contributed by atoms with Crippen LogP contribution in [0, 0.1) is 5.92 Å². The number of hydrogen-bond donors (Lipinski definition) is 5. The van der Waals surface area contributed by atoms with Gasteiger partial charge in [0.15, 0.2) is 11.5 Å². The highest BCUT2D eigenvalue weighted by atomic mass is 35.5. The van der Waals surface area contributed by atoms with Gasteiger partial charge in [0.25, 0.3) is 5.91 Å². The van der Waals surface area contributed by atoms with E-state index in [1.165, 1.54) is 4.52 Å². The van der Waals surface area contributed by atoms with Gasteiger partial charge in [-0.3, -0.25) is 14.7 Å². The third kappa shape index (κ3) is 5.96. The summed E-state index contributed by atoms with van der Waals surface area (Å²) in [5.41, 5.74) is 8.93. The molecule has 0 aliphatic carbocycles. The largest absolute Gasteiger partial charge is 0.490 e. The molecule has 4 aromatic rings. The maximum absolute atomic E-state index is 13.2. The number of anilines is 2. The zero-order valence-electron chi connectivity index (χ0n) is 21.7. The molecular weight excluding hydrogens is 571 g/mol. The Morgan fingerprint density at radius 3 is 2.68 bits per heavy atom. The van der Waals surface area contributed by atoms with E-state index < -0.39 is 24.1 Å². The van der Waals surface area contributed by atoms with Crippen molar-refractivity contribution < 1.29 is 32.7 Å². The molecule has 6 N–H and O–H groups in total. The van der Waals surface area contributed by atoms with E-state index in [9.17, 15) is 22.8 Å². The molecule has 1 saturated heterocycles. The molecule has 0 spiro atoms. The van der Waals surface area contributed by atoms with Gasteiger partial charge in [0, 0.05) is 49.7 Å². The molecule has 2 atom stereocenters. The molecule has 17 heteroatoms. The lowest BCUT2D eigenvalue weighted by molar-refractivity contribution is -0.192. The first-order valence-electron chi connectivity index (χ1n) is 12.2. The van der Waals surface area contributed by atoms with Crippen LogP contribution in [0.1, 0.15) is 35.3 Å². The second-order valence-corrected chi connectivity index (χ2v) is 9.54. The number of carbonyl (C=O) groups is 3. The summed E-state index contributed by atoms with van der Waals surface area (Å²) in [7, 11) is 1.64. The fourth-order valence-electron chi connectivity index (χ4n) is 4.58. The number of nitrogen functional groups attached to an aromatic ring is 1. The predicted molar refractivity (Wildman–Crippen MR) is 142 cm³/mol. The van der Waals surface area contributed by atoms with Crippen LogP contribution in [0.15, 0.2) is 30.7 Å². The standard InChI is InChI=1S/C22H24ClN9O2.C2HF3O2/c1-11(28-22(34)16-19(24)30-32-6-3-5-26-20(16)32)13-8-15(23)14-9-27-29-17(14)18(13)31-7-4-12(10-31)21(33)25-2;3-2(4,5)1(6)7/h3,5-6,8-9,11-12H,4,7,10H2,1-2H3,(H2,24,30)(H,25,33)(H,27,29)(H,28,34);(H,6,7). The second kappa shape index (κ2) is 11.5. The Labute approximate surface area is 234 Å². The molecule has 3 aromatic heterocycles. The van der Waals surface area contributed by atoms with E-state index in [2.05, 4.69) is 35.8 Å². The number of aromatic nitrogens is 5. The van der Waals surface area contributed by atoms with E-state index in [4.69, 9.17) is 27.2 Å². The number of nitrogens with zero attached hydrogens (tertiary/aromatic N) is 5. The number of alkyl halides is 3. The summed E-state index contributed by atoms with van der Waals surface area (Å²) in [5, 5.41) is 25.6. The van der Waals surface area contributed by atoms with Gasteiger partial charge < -0.3 is 26.4 Å². The number of carboxylic acid groups (broad SMARTS) is 1. The lowest BCUT2D eigenvalue weighted by Gasteiger charge is -2.26. The minimum Gasteiger partial charge on any atom is -0.475 e. The Balaban J connectivity index is 0.000000493. The van der Waals surface area contributed by atoms with Crippen LogP contribution in [0.3, 0.4) is 0 Å². The number of amides is 2. The number of nitrogens with two attached hydrogens (primary N) is 1. The number of carbonyl (C=O) groups excluding carboxylic acids is 2. The van der Waals surface area contributed by atoms with Crippen molar-refractivity contribution in [2.24, 2.45) is 5.92 Å². The highest BCUT2D eigenvalue weighted by Gasteiger charge is 2.38. The van der Waals surface area contributed by atoms with Crippen LogP contribution in [-0.4, -0.2) is 74.0 Å². The first-order valence-corrected chi connectivity index (χ1v) is 12.5. The number of benzene rings is 1. The molecule has 0 saturated carbocycles. The molecule has 218 valence electrons. The number of aliphatic carboxylic acids is 1. The SMILES string of the molecule is CNC(=O)C1CCN(c2c(C(C)NC(=O)c3c(N)nn4cccnc34)cc(Cl)c3c[nH]nc23)C1.O=C(O)C(F)(F)F. The molecule has 2 amide bonds. The number of carboxylic acids is 1. The smallest absolute Gasteiger partial charge is 0.475 e. The number of fused-ring (bicyclic) bond motifs is 2. The molecule has 0 radical (unpaired) electrons. The van der Waals surface area contributed by atoms with Crippen molar-refractivity contribution >= 4 is 57.4 Å². The Bertz CT molecular complexity index is 1620. The quantitative estimate of drug-likeness (QED) is 0.231. The van der Waals surface area contributed by atoms with Crippen LogP contribution in [0.5, 0.6) is 0 Å². The van der Waals surface area contributed by atoms with Gasteiger partial charge in [-0.05, 0) is 25.5 Å². The van der Waals surface area contributed by atoms with E-state index in [1.807, 2.05) is 13.0 Å². The number of rotatable bonds is 5. The van der Waals surface area contributed by atoms with Crippen LogP contribution < -0.4 is 21.3 Å². The molecule has 0 bridgehead atoms. The molecular formula is C24H25ClF3N9O4. The predicted octanol–water partition coefficient (Wildman–Crippen LogP) is 2.54. The highest BCUT2D eigenvalue weighted by molar-refractivity contribution is 6.36. The van der Waals surface area contributed by atoms with Crippen LogP contribution in [-0.2, 0) is 9.59 Å². The number of halogens is 4. The highest BCUT2D eigenvalue weighted by Crippen LogP contribution is 2.40. The summed E-state index contributed by atoms with van der Waals surface area (Å²) >= 11 is 6.57. The van der Waals surface area contributed by atoms with E-state index in [-0.39, 0.29) is 23.2 Å². The van der Waals surface area contributed by atoms with Crippen molar-refractivity contribution in [3.05, 3.63) is 46.9 Å². The summed E-state index contributed by atoms with van der Waals surface area (Å²) in [5.74, 6) is -3.18. The van der Waals surface area contributed by atoms with Crippen LogP contribution >= 0.6 is 11.6 Å². The van der Waals surface area contributed by atoms with E-state index in [0.717, 1.165) is 23.1 Å². The fraction of sp³-hybridized carbons (Fsp3) is 0.333. The summed E-state index contributed by atoms with van der Waals surface area (Å²) in [6, 6.07) is 3.10. The molecule has 1 aliphatic rings. The first-order chi connectivity index (χ1) is 19.3. The Kier molecular flexibility index (Phi) is 8.23. The third-order valence-electron chi connectivity index (χ3n) is 6.51. The number of H-pyrrole nitrogens is 1. The molecule has 41 heavy (non-hydrogen) atoms. The van der Waals surface area contributed by atoms with Gasteiger partial charge >= 0.3 is 12.1 Å². The minimum absolute atomic E-state index is 0.00805. The third-order valence-corrected chi connectivity index (χ3v) is 6.82. The molecule has 13 nitrogen and oxygen atoms in total. The van der Waals surface area contributed by atoms with Crippen molar-refractivity contribution in [3.8, 4) is 0 Å². The maximum atomic E-state index is 13.2. The van der Waals surface area contributed by atoms with E-state index >= 15 is 0 Å². The summed E-state index contributed by atoms with van der Waals surface area (Å²) in [4.78, 5) is 40.7. The van der Waals surface area contributed by atoms with Crippen molar-refractivity contribution in [1.82, 2.24) is 35.4 Å². The van der Waals surface area contributed by atoms with Gasteiger partial charge in [-0.1, -0.05) is 11.6 Å². The van der Waals surface area contributed by atoms with Gasteiger partial charge in [-0.25, -0.2) is 14.3 Å². The van der Waals surface area contributed by atoms with Crippen LogP contribution in [0.25, 0.3) is 16.6 Å². The molecule has 1 fully saturated rings. The zero-order chi connectivity index (χ0) is 30.1. The minimum atomic E-state index is -5.08. The number of aromatic amines is 1. The Morgan fingerprint density at radius 2 is 2.02 bits per heavy atom. The summed E-state index contributed by atoms with van der Waals surface area (Å²) < 4.78 is 33.2. The monoisotopic (exact) mass is 595 g/mol. The van der Waals surface area contributed by atoms with Gasteiger partial charge in [0.05, 0.1) is 22.7 Å². The normalized spacial score (nSPS) is 15.9. The Morgan fingerprint density at radius 1 is 1.32 bits per heavy atom. The van der Waals surface area contributed by atoms with Crippen molar-refractivity contribution in [3.63, 3.8) is 0 Å². The second-order valence-electron chi connectivity index (χ2n) is 9.14. The summed E-state index contributed by atoms with van der Waals surface area (Å²) in [6.45, 7) is 3.09. The Hall–Kier alpha value is -4.60. The van der Waals surface area contributed by atoms with Gasteiger partial charge in [-0.15, -0.1) is 5.10 Å². The van der Waals surface area contributed by atoms with Crippen molar-refractivity contribution in [2.75, 3.05) is 30.8 Å². The average molecular weight is 596 g/mol. The fourth-order valence-corrected chi connectivity index (χ4v) is 4.85. The number of hydrogen-bond acceptors (Lipinski definition) is 8. The molecule has 1 aromatic carbocycles. The first kappa shape index (κ1) is 29.4. The van der Waals surface area contributed by atoms with Gasteiger partial charge in [0.2, 0.25) is 5.91 Å². The topological polar surface area (TPSA) is 184 Å². The maximum Gasteiger partial charge on any atom is 0.490 e. The average Bonchev–Trinajstić information content (AvgIpc) is 3.66. The van der Waals surface area contributed by atoms with E-state index in [0.29, 0.717) is 29.3 Å². The lowest BCUT2D eigenvalue weighted by Crippen LogP contribution is -2.32. The van der Waals surface area contributed by atoms with Crippen LogP contribution in [0.4, 0.5) is 24.7 Å². The molecule has 1 aliphatic heterocycles. The summed E-state index contributed by atoms with van der Waals surface area (Å²) in [6.07, 6.45) is 0.639. The van der Waals surface area contributed by atoms with Gasteiger partial charge in [0.1, 0.15) is 11.1 Å². The number of nitrogens with one attached hydrogen (secondary N) is 3. The lowest BCUT2D eigenvalue weighted by atomic mass is 10.0. The molecule has 4 heterocycles.